The van der Waals surface area contributed by atoms with Gasteiger partial charge in [0.25, 0.3) is 5.91 Å². The molecule has 0 aromatic heterocycles. The van der Waals surface area contributed by atoms with Crippen molar-refractivity contribution in [3.8, 4) is 0 Å². The molecule has 0 bridgehead atoms. The average Bonchev–Trinajstić information content (AvgIpc) is 2.57. The highest BCUT2D eigenvalue weighted by molar-refractivity contribution is 6.31. The summed E-state index contributed by atoms with van der Waals surface area (Å²) in [6.07, 6.45) is -4.86. The molecule has 0 atom stereocenters. The number of carbonyl (C=O) groups excluding carboxylic acids is 2. The summed E-state index contributed by atoms with van der Waals surface area (Å²) in [5.74, 6) is -1.38. The van der Waals surface area contributed by atoms with E-state index in [9.17, 15) is 22.8 Å². The number of esters is 1. The van der Waals surface area contributed by atoms with Gasteiger partial charge in [-0.3, -0.25) is 9.59 Å². The first-order chi connectivity index (χ1) is 12.2. The second-order valence-corrected chi connectivity index (χ2v) is 5.90. The molecule has 0 radical (unpaired) electrons. The van der Waals surface area contributed by atoms with Crippen LogP contribution >= 0.6 is 11.6 Å². The summed E-state index contributed by atoms with van der Waals surface area (Å²) in [6, 6.07) is 9.34. The van der Waals surface area contributed by atoms with Crippen LogP contribution in [0, 0.1) is 6.92 Å². The Morgan fingerprint density at radius 1 is 1.15 bits per heavy atom. The predicted octanol–water partition coefficient (Wildman–Crippen LogP) is 4.39. The Hall–Kier alpha value is -2.54. The van der Waals surface area contributed by atoms with E-state index in [4.69, 9.17) is 16.3 Å². The second-order valence-electron chi connectivity index (χ2n) is 5.50. The third-order valence-corrected chi connectivity index (χ3v) is 3.92. The highest BCUT2D eigenvalue weighted by atomic mass is 35.5. The number of alkyl halides is 3. The van der Waals surface area contributed by atoms with Gasteiger partial charge in [-0.2, -0.15) is 13.2 Å². The molecule has 0 aliphatic carbocycles. The highest BCUT2D eigenvalue weighted by Crippen LogP contribution is 2.29. The van der Waals surface area contributed by atoms with Gasteiger partial charge in [0.05, 0.1) is 12.0 Å². The van der Waals surface area contributed by atoms with Gasteiger partial charge in [0.1, 0.15) is 0 Å². The topological polar surface area (TPSA) is 55.4 Å². The molecule has 8 heteroatoms. The molecule has 2 aromatic rings. The van der Waals surface area contributed by atoms with Crippen LogP contribution in [0.1, 0.15) is 16.7 Å². The van der Waals surface area contributed by atoms with Crippen molar-refractivity contribution in [2.75, 3.05) is 11.9 Å². The Bertz CT molecular complexity index is 822. The molecule has 0 heterocycles. The van der Waals surface area contributed by atoms with Gasteiger partial charge in [-0.1, -0.05) is 35.9 Å². The van der Waals surface area contributed by atoms with Gasteiger partial charge in [0, 0.05) is 10.7 Å². The van der Waals surface area contributed by atoms with Crippen LogP contribution in [0.4, 0.5) is 18.9 Å². The molecular formula is C18H15ClF3NO3. The first kappa shape index (κ1) is 19.8. The minimum Gasteiger partial charge on any atom is -0.455 e. The van der Waals surface area contributed by atoms with E-state index in [0.717, 1.165) is 12.1 Å². The Labute approximate surface area is 152 Å². The van der Waals surface area contributed by atoms with Crippen LogP contribution in [0.25, 0.3) is 0 Å². The molecule has 0 fully saturated rings. The lowest BCUT2D eigenvalue weighted by molar-refractivity contribution is -0.146. The molecule has 0 aliphatic rings. The molecule has 4 nitrogen and oxygen atoms in total. The number of hydrogen-bond acceptors (Lipinski definition) is 3. The molecule has 1 N–H and O–H groups in total. The number of carbonyl (C=O) groups is 2. The molecule has 0 saturated heterocycles. The number of rotatable bonds is 5. The maximum absolute atomic E-state index is 12.6. The first-order valence-corrected chi connectivity index (χ1v) is 7.91. The summed E-state index contributed by atoms with van der Waals surface area (Å²) in [5, 5.41) is 3.03. The molecule has 1 amide bonds. The summed E-state index contributed by atoms with van der Waals surface area (Å²) in [7, 11) is 0. The number of amides is 1. The zero-order valence-corrected chi connectivity index (χ0v) is 14.4. The SMILES string of the molecule is Cc1c(Cl)cccc1NC(=O)COC(=O)Cc1cccc(C(F)(F)F)c1. The van der Waals surface area contributed by atoms with Crippen molar-refractivity contribution in [2.45, 2.75) is 19.5 Å². The summed E-state index contributed by atoms with van der Waals surface area (Å²) >= 11 is 5.94. The van der Waals surface area contributed by atoms with Gasteiger partial charge < -0.3 is 10.1 Å². The van der Waals surface area contributed by atoms with E-state index in [1.165, 1.54) is 12.1 Å². The molecule has 0 spiro atoms. The van der Waals surface area contributed by atoms with E-state index in [2.05, 4.69) is 5.32 Å². The van der Waals surface area contributed by atoms with Crippen LogP contribution in [0.2, 0.25) is 5.02 Å². The fraction of sp³-hybridized carbons (Fsp3) is 0.222. The summed E-state index contributed by atoms with van der Waals surface area (Å²) in [5.41, 5.74) is 0.446. The fourth-order valence-electron chi connectivity index (χ4n) is 2.15. The zero-order chi connectivity index (χ0) is 19.3. The maximum atomic E-state index is 12.6. The molecule has 2 aromatic carbocycles. The third kappa shape index (κ3) is 5.49. The zero-order valence-electron chi connectivity index (χ0n) is 13.7. The number of nitrogens with one attached hydrogen (secondary N) is 1. The van der Waals surface area contributed by atoms with Crippen LogP contribution in [0.15, 0.2) is 42.5 Å². The van der Waals surface area contributed by atoms with Crippen LogP contribution < -0.4 is 5.32 Å². The normalized spacial score (nSPS) is 11.1. The molecule has 138 valence electrons. The highest BCUT2D eigenvalue weighted by Gasteiger charge is 2.30. The Kier molecular flexibility index (Phi) is 6.26. The lowest BCUT2D eigenvalue weighted by atomic mass is 10.1. The summed E-state index contributed by atoms with van der Waals surface area (Å²) in [6.45, 7) is 1.17. The molecule has 0 unspecified atom stereocenters. The fourth-order valence-corrected chi connectivity index (χ4v) is 2.33. The second kappa shape index (κ2) is 8.23. The van der Waals surface area contributed by atoms with E-state index >= 15 is 0 Å². The molecule has 0 saturated carbocycles. The van der Waals surface area contributed by atoms with Crippen molar-refractivity contribution in [1.82, 2.24) is 0 Å². The average molecular weight is 386 g/mol. The van der Waals surface area contributed by atoms with E-state index in [1.807, 2.05) is 0 Å². The van der Waals surface area contributed by atoms with Crippen molar-refractivity contribution >= 4 is 29.2 Å². The lowest BCUT2D eigenvalue weighted by Gasteiger charge is -2.10. The van der Waals surface area contributed by atoms with Gasteiger partial charge in [0.15, 0.2) is 6.61 Å². The minimum atomic E-state index is -4.49. The quantitative estimate of drug-likeness (QED) is 0.776. The maximum Gasteiger partial charge on any atom is 0.416 e. The van der Waals surface area contributed by atoms with Crippen LogP contribution in [-0.2, 0) is 26.9 Å². The Balaban J connectivity index is 1.89. The number of benzene rings is 2. The van der Waals surface area contributed by atoms with Crippen molar-refractivity contribution in [3.05, 3.63) is 64.2 Å². The van der Waals surface area contributed by atoms with Crippen LogP contribution in [0.5, 0.6) is 0 Å². The van der Waals surface area contributed by atoms with Crippen molar-refractivity contribution in [1.29, 1.82) is 0 Å². The van der Waals surface area contributed by atoms with E-state index in [1.54, 1.807) is 25.1 Å². The van der Waals surface area contributed by atoms with Crippen LogP contribution in [-0.4, -0.2) is 18.5 Å². The van der Waals surface area contributed by atoms with Gasteiger partial charge in [-0.05, 0) is 36.2 Å². The van der Waals surface area contributed by atoms with Gasteiger partial charge in [-0.25, -0.2) is 0 Å². The Morgan fingerprint density at radius 3 is 2.54 bits per heavy atom. The van der Waals surface area contributed by atoms with Gasteiger partial charge >= 0.3 is 12.1 Å². The summed E-state index contributed by atoms with van der Waals surface area (Å²) < 4.78 is 42.8. The molecule has 2 rings (SSSR count). The number of ether oxygens (including phenoxy) is 1. The molecule has 26 heavy (non-hydrogen) atoms. The largest absolute Gasteiger partial charge is 0.455 e. The van der Waals surface area contributed by atoms with E-state index in [-0.39, 0.29) is 12.0 Å². The van der Waals surface area contributed by atoms with Gasteiger partial charge in [-0.15, -0.1) is 0 Å². The standard InChI is InChI=1S/C18H15ClF3NO3/c1-11-14(19)6-3-7-15(11)23-16(24)10-26-17(25)9-12-4-2-5-13(8-12)18(20,21)22/h2-8H,9-10H2,1H3,(H,23,24). The van der Waals surface area contributed by atoms with Crippen molar-refractivity contribution < 1.29 is 27.5 Å². The molecular weight excluding hydrogens is 371 g/mol. The molecule has 0 aliphatic heterocycles. The number of anilines is 1. The van der Waals surface area contributed by atoms with E-state index in [0.29, 0.717) is 16.3 Å². The van der Waals surface area contributed by atoms with E-state index < -0.39 is 30.2 Å². The third-order valence-electron chi connectivity index (χ3n) is 3.51. The van der Waals surface area contributed by atoms with Gasteiger partial charge in [0.2, 0.25) is 0 Å². The minimum absolute atomic E-state index is 0.149. The lowest BCUT2D eigenvalue weighted by Crippen LogP contribution is -2.22. The van der Waals surface area contributed by atoms with Crippen LogP contribution in [0.3, 0.4) is 0 Å². The number of halogens is 4. The predicted molar refractivity (Wildman–Crippen MR) is 90.9 cm³/mol. The first-order valence-electron chi connectivity index (χ1n) is 7.53. The monoisotopic (exact) mass is 385 g/mol. The number of hydrogen-bond donors (Lipinski definition) is 1. The Morgan fingerprint density at radius 2 is 1.85 bits per heavy atom. The van der Waals surface area contributed by atoms with Crippen molar-refractivity contribution in [3.63, 3.8) is 0 Å². The summed E-state index contributed by atoms with van der Waals surface area (Å²) in [4.78, 5) is 23.6. The smallest absolute Gasteiger partial charge is 0.416 e. The van der Waals surface area contributed by atoms with Crippen molar-refractivity contribution in [2.24, 2.45) is 0 Å².